The van der Waals surface area contributed by atoms with Gasteiger partial charge in [0.2, 0.25) is 0 Å². The second kappa shape index (κ2) is 4.97. The molecule has 0 bridgehead atoms. The average Bonchev–Trinajstić information content (AvgIpc) is 3.08. The third kappa shape index (κ3) is 2.63. The van der Waals surface area contributed by atoms with E-state index in [-0.39, 0.29) is 11.7 Å². The Morgan fingerprint density at radius 2 is 2.08 bits per heavy atom. The van der Waals surface area contributed by atoms with E-state index >= 15 is 0 Å². The number of rotatable bonds is 4. The molecule has 1 saturated carbocycles. The zero-order valence-corrected chi connectivity index (χ0v) is 13.5. The molecule has 9 nitrogen and oxygen atoms in total. The van der Waals surface area contributed by atoms with Gasteiger partial charge in [0.1, 0.15) is 0 Å². The van der Waals surface area contributed by atoms with Gasteiger partial charge < -0.3 is 14.1 Å². The zero-order chi connectivity index (χ0) is 18.0. The van der Waals surface area contributed by atoms with Gasteiger partial charge in [0.05, 0.1) is 6.33 Å². The van der Waals surface area contributed by atoms with Crippen molar-refractivity contribution in [1.82, 2.24) is 24.1 Å². The molecule has 134 valence electrons. The lowest BCUT2D eigenvalue weighted by Gasteiger charge is -2.06. The number of imidazole rings is 1. The molecule has 1 aliphatic rings. The Labute approximate surface area is 138 Å². The molecule has 0 aromatic carbocycles. The van der Waals surface area contributed by atoms with E-state index in [9.17, 15) is 21.6 Å². The minimum absolute atomic E-state index is 0.131. The van der Waals surface area contributed by atoms with Crippen molar-refractivity contribution in [2.45, 2.75) is 24.4 Å². The van der Waals surface area contributed by atoms with Crippen molar-refractivity contribution in [2.24, 2.45) is 7.05 Å². The fraction of sp³-hybridized carbons (Fsp3) is 0.417. The highest BCUT2D eigenvalue weighted by Crippen LogP contribution is 2.30. The van der Waals surface area contributed by atoms with Crippen LogP contribution in [0.4, 0.5) is 19.0 Å². The SMILES string of the molecule is Cn1cnc2c(NC3CC3)nc3cc(OS(=O)(=O)C(F)(F)F)nn3c21. The summed E-state index contributed by atoms with van der Waals surface area (Å²) in [7, 11) is -4.14. The maximum Gasteiger partial charge on any atom is 0.534 e. The normalized spacial score (nSPS) is 15.8. The molecule has 0 saturated heterocycles. The Balaban J connectivity index is 1.85. The van der Waals surface area contributed by atoms with Gasteiger partial charge in [-0.3, -0.25) is 0 Å². The minimum Gasteiger partial charge on any atom is -0.365 e. The number of hydrogen-bond donors (Lipinski definition) is 1. The molecule has 0 spiro atoms. The highest BCUT2D eigenvalue weighted by molar-refractivity contribution is 7.87. The number of halogens is 3. The number of aryl methyl sites for hydroxylation is 1. The summed E-state index contributed by atoms with van der Waals surface area (Å²) in [4.78, 5) is 8.48. The first kappa shape index (κ1) is 15.9. The van der Waals surface area contributed by atoms with Crippen molar-refractivity contribution >= 4 is 32.7 Å². The maximum absolute atomic E-state index is 12.5. The van der Waals surface area contributed by atoms with Crippen LogP contribution in [0.1, 0.15) is 12.8 Å². The number of aromatic nitrogens is 5. The van der Waals surface area contributed by atoms with Crippen LogP contribution in [0.5, 0.6) is 5.88 Å². The van der Waals surface area contributed by atoms with Crippen LogP contribution in [-0.2, 0) is 17.2 Å². The van der Waals surface area contributed by atoms with Crippen molar-refractivity contribution < 1.29 is 25.8 Å². The highest BCUT2D eigenvalue weighted by atomic mass is 32.2. The lowest BCUT2D eigenvalue weighted by molar-refractivity contribution is -0.0501. The minimum atomic E-state index is -5.81. The smallest absolute Gasteiger partial charge is 0.365 e. The van der Waals surface area contributed by atoms with Crippen LogP contribution in [0.3, 0.4) is 0 Å². The molecule has 13 heteroatoms. The van der Waals surface area contributed by atoms with Crippen LogP contribution in [0.25, 0.3) is 16.8 Å². The van der Waals surface area contributed by atoms with Crippen molar-refractivity contribution in [3.05, 3.63) is 12.4 Å². The summed E-state index contributed by atoms with van der Waals surface area (Å²) in [6, 6.07) is 1.29. The maximum atomic E-state index is 12.5. The first-order valence-corrected chi connectivity index (χ1v) is 8.54. The molecule has 0 radical (unpaired) electrons. The van der Waals surface area contributed by atoms with E-state index in [1.807, 2.05) is 0 Å². The number of alkyl halides is 3. The molecule has 1 fully saturated rings. The van der Waals surface area contributed by atoms with Crippen molar-refractivity contribution in [1.29, 1.82) is 0 Å². The summed E-state index contributed by atoms with van der Waals surface area (Å²) in [5.74, 6) is -0.272. The Hall–Kier alpha value is -2.57. The molecule has 0 aliphatic heterocycles. The molecule has 0 unspecified atom stereocenters. The quantitative estimate of drug-likeness (QED) is 0.542. The summed E-state index contributed by atoms with van der Waals surface area (Å²) < 4.78 is 66.6. The van der Waals surface area contributed by atoms with Crippen molar-refractivity contribution in [3.63, 3.8) is 0 Å². The molecule has 4 rings (SSSR count). The second-order valence-electron chi connectivity index (χ2n) is 5.64. The van der Waals surface area contributed by atoms with Gasteiger partial charge in [0.25, 0.3) is 5.88 Å². The van der Waals surface area contributed by atoms with Gasteiger partial charge >= 0.3 is 15.6 Å². The number of nitrogens with zero attached hydrogens (tertiary/aromatic N) is 5. The van der Waals surface area contributed by atoms with Crippen molar-refractivity contribution in [2.75, 3.05) is 5.32 Å². The molecule has 3 aromatic heterocycles. The first-order valence-electron chi connectivity index (χ1n) is 7.14. The fourth-order valence-corrected chi connectivity index (χ4v) is 2.72. The van der Waals surface area contributed by atoms with Crippen LogP contribution in [0.15, 0.2) is 12.4 Å². The van der Waals surface area contributed by atoms with Crippen LogP contribution >= 0.6 is 0 Å². The summed E-state index contributed by atoms with van der Waals surface area (Å²) in [6.45, 7) is 0. The standard InChI is InChI=1S/C12H11F3N6O3S/c1-20-5-16-9-10(17-6-2-3-6)18-7-4-8(19-21(7)11(9)20)24-25(22,23)12(13,14)15/h4-6H,2-3H2,1H3,(H,17,18). The number of anilines is 1. The molecule has 25 heavy (non-hydrogen) atoms. The van der Waals surface area contributed by atoms with E-state index in [1.54, 1.807) is 11.6 Å². The average molecular weight is 376 g/mol. The molecular formula is C12H11F3N6O3S. The number of fused-ring (bicyclic) bond motifs is 3. The zero-order valence-electron chi connectivity index (χ0n) is 12.6. The third-order valence-electron chi connectivity index (χ3n) is 3.62. The van der Waals surface area contributed by atoms with Gasteiger partial charge in [0.15, 0.2) is 22.6 Å². The molecule has 1 N–H and O–H groups in total. The van der Waals surface area contributed by atoms with Gasteiger partial charge in [-0.05, 0) is 12.8 Å². The lowest BCUT2D eigenvalue weighted by Crippen LogP contribution is -2.28. The Bertz CT molecular complexity index is 1080. The summed E-state index contributed by atoms with van der Waals surface area (Å²) in [5, 5.41) is 6.95. The Morgan fingerprint density at radius 3 is 2.72 bits per heavy atom. The monoisotopic (exact) mass is 376 g/mol. The molecular weight excluding hydrogens is 365 g/mol. The first-order chi connectivity index (χ1) is 11.7. The fourth-order valence-electron chi connectivity index (χ4n) is 2.32. The summed E-state index contributed by atoms with van der Waals surface area (Å²) in [6.07, 6.45) is 3.47. The van der Waals surface area contributed by atoms with Crippen LogP contribution in [0, 0.1) is 0 Å². The third-order valence-corrected chi connectivity index (χ3v) is 4.58. The second-order valence-corrected chi connectivity index (χ2v) is 7.18. The van der Waals surface area contributed by atoms with E-state index in [0.717, 1.165) is 18.9 Å². The van der Waals surface area contributed by atoms with Gasteiger partial charge in [-0.15, -0.1) is 5.10 Å². The van der Waals surface area contributed by atoms with E-state index < -0.39 is 21.5 Å². The number of hydrogen-bond acceptors (Lipinski definition) is 7. The number of nitrogens with one attached hydrogen (secondary N) is 1. The van der Waals surface area contributed by atoms with Crippen LogP contribution in [-0.4, -0.2) is 44.1 Å². The van der Waals surface area contributed by atoms with Gasteiger partial charge in [0, 0.05) is 19.2 Å². The van der Waals surface area contributed by atoms with Crippen LogP contribution < -0.4 is 9.50 Å². The van der Waals surface area contributed by atoms with E-state index in [2.05, 4.69) is 24.6 Å². The van der Waals surface area contributed by atoms with Gasteiger partial charge in [-0.2, -0.15) is 26.1 Å². The molecule has 0 amide bonds. The largest absolute Gasteiger partial charge is 0.534 e. The topological polar surface area (TPSA) is 103 Å². The predicted octanol–water partition coefficient (Wildman–Crippen LogP) is 1.42. The van der Waals surface area contributed by atoms with Gasteiger partial charge in [-0.25, -0.2) is 9.97 Å². The summed E-state index contributed by atoms with van der Waals surface area (Å²) >= 11 is 0. The van der Waals surface area contributed by atoms with Crippen molar-refractivity contribution in [3.8, 4) is 5.88 Å². The molecule has 3 heterocycles. The van der Waals surface area contributed by atoms with E-state index in [4.69, 9.17) is 0 Å². The Morgan fingerprint density at radius 1 is 1.36 bits per heavy atom. The van der Waals surface area contributed by atoms with E-state index in [0.29, 0.717) is 17.0 Å². The van der Waals surface area contributed by atoms with E-state index in [1.165, 1.54) is 10.8 Å². The van der Waals surface area contributed by atoms with Gasteiger partial charge in [-0.1, -0.05) is 0 Å². The summed E-state index contributed by atoms with van der Waals surface area (Å²) in [5.41, 5.74) is -4.51. The molecule has 1 aliphatic carbocycles. The molecule has 3 aromatic rings. The lowest BCUT2D eigenvalue weighted by atomic mass is 10.4. The Kier molecular flexibility index (Phi) is 3.17. The predicted molar refractivity (Wildman–Crippen MR) is 79.5 cm³/mol. The highest BCUT2D eigenvalue weighted by Gasteiger charge is 2.49. The molecule has 0 atom stereocenters. The van der Waals surface area contributed by atoms with Crippen LogP contribution in [0.2, 0.25) is 0 Å².